The van der Waals surface area contributed by atoms with Gasteiger partial charge in [0, 0.05) is 11.5 Å². The number of rotatable bonds is 5. The molecule has 0 amide bonds. The van der Waals surface area contributed by atoms with Gasteiger partial charge in [-0.05, 0) is 36.0 Å². The lowest BCUT2D eigenvalue weighted by molar-refractivity contribution is 0.0937. The van der Waals surface area contributed by atoms with Crippen LogP contribution < -0.4 is 0 Å². The number of carbonyl (C=O) groups excluding carboxylic acids is 1. The van der Waals surface area contributed by atoms with Gasteiger partial charge in [0.1, 0.15) is 0 Å². The summed E-state index contributed by atoms with van der Waals surface area (Å²) in [6, 6.07) is 4.41. The molecule has 0 saturated carbocycles. The van der Waals surface area contributed by atoms with Crippen LogP contribution in [0.3, 0.4) is 0 Å². The number of ketones is 1. The van der Waals surface area contributed by atoms with Crippen LogP contribution in [0, 0.1) is 5.92 Å². The molecule has 0 aliphatic rings. The minimum Gasteiger partial charge on any atom is -0.294 e. The van der Waals surface area contributed by atoms with Crippen LogP contribution >= 0.6 is 0 Å². The summed E-state index contributed by atoms with van der Waals surface area (Å²) in [5.41, 5.74) is 4.78. The summed E-state index contributed by atoms with van der Waals surface area (Å²) in [7, 11) is 0. The summed E-state index contributed by atoms with van der Waals surface area (Å²) in [5, 5.41) is 0. The maximum atomic E-state index is 12.3. The molecule has 0 aromatic heterocycles. The predicted octanol–water partition coefficient (Wildman–Crippen LogP) is 4.21. The SMILES string of the molecule is CCc1cc(CC)c(C(=O)C(C)C)c(CC)c1. The zero-order chi connectivity index (χ0) is 13.0. The van der Waals surface area contributed by atoms with Crippen LogP contribution in [0.4, 0.5) is 0 Å². The van der Waals surface area contributed by atoms with Crippen molar-refractivity contribution in [2.45, 2.75) is 53.9 Å². The quantitative estimate of drug-likeness (QED) is 0.695. The molecule has 17 heavy (non-hydrogen) atoms. The Labute approximate surface area is 105 Å². The molecule has 0 aliphatic heterocycles. The average molecular weight is 232 g/mol. The topological polar surface area (TPSA) is 17.1 Å². The summed E-state index contributed by atoms with van der Waals surface area (Å²) in [6.07, 6.45) is 2.92. The van der Waals surface area contributed by atoms with Gasteiger partial charge in [-0.2, -0.15) is 0 Å². The minimum absolute atomic E-state index is 0.0816. The number of benzene rings is 1. The Bertz CT molecular complexity index is 377. The Morgan fingerprint density at radius 3 is 1.76 bits per heavy atom. The largest absolute Gasteiger partial charge is 0.294 e. The molecule has 1 aromatic rings. The zero-order valence-electron chi connectivity index (χ0n) is 11.8. The molecule has 1 heteroatoms. The van der Waals surface area contributed by atoms with E-state index in [0.717, 1.165) is 24.8 Å². The molecule has 0 atom stereocenters. The van der Waals surface area contributed by atoms with Gasteiger partial charge in [-0.1, -0.05) is 46.8 Å². The van der Waals surface area contributed by atoms with Gasteiger partial charge < -0.3 is 0 Å². The monoisotopic (exact) mass is 232 g/mol. The highest BCUT2D eigenvalue weighted by Crippen LogP contribution is 2.23. The average Bonchev–Trinajstić information content (AvgIpc) is 2.35. The fourth-order valence-corrected chi connectivity index (χ4v) is 2.21. The van der Waals surface area contributed by atoms with E-state index in [1.807, 2.05) is 13.8 Å². The van der Waals surface area contributed by atoms with Crippen molar-refractivity contribution in [3.05, 3.63) is 34.4 Å². The van der Waals surface area contributed by atoms with Crippen molar-refractivity contribution < 1.29 is 4.79 Å². The zero-order valence-corrected chi connectivity index (χ0v) is 11.8. The van der Waals surface area contributed by atoms with Gasteiger partial charge in [0.05, 0.1) is 0 Å². The lowest BCUT2D eigenvalue weighted by Crippen LogP contribution is -2.14. The Balaban J connectivity index is 3.39. The van der Waals surface area contributed by atoms with Crippen LogP contribution in [0.25, 0.3) is 0 Å². The van der Waals surface area contributed by atoms with Gasteiger partial charge >= 0.3 is 0 Å². The first kappa shape index (κ1) is 14.0. The third-order valence-electron chi connectivity index (χ3n) is 3.30. The summed E-state index contributed by atoms with van der Waals surface area (Å²) in [4.78, 5) is 12.3. The van der Waals surface area contributed by atoms with E-state index in [9.17, 15) is 4.79 Å². The van der Waals surface area contributed by atoms with Gasteiger partial charge in [0.25, 0.3) is 0 Å². The van der Waals surface area contributed by atoms with Gasteiger partial charge in [0.2, 0.25) is 0 Å². The van der Waals surface area contributed by atoms with Crippen molar-refractivity contribution in [3.63, 3.8) is 0 Å². The van der Waals surface area contributed by atoms with Crippen molar-refractivity contribution in [2.24, 2.45) is 5.92 Å². The summed E-state index contributed by atoms with van der Waals surface area (Å²) in [6.45, 7) is 10.4. The smallest absolute Gasteiger partial charge is 0.165 e. The molecular formula is C16H24O. The summed E-state index contributed by atoms with van der Waals surface area (Å²) < 4.78 is 0. The van der Waals surface area contributed by atoms with Crippen LogP contribution in [0.5, 0.6) is 0 Å². The number of aryl methyl sites for hydroxylation is 3. The van der Waals surface area contributed by atoms with Crippen LogP contribution in [0.2, 0.25) is 0 Å². The molecule has 0 heterocycles. The summed E-state index contributed by atoms with van der Waals surface area (Å²) >= 11 is 0. The Kier molecular flexibility index (Phi) is 4.92. The molecule has 0 bridgehead atoms. The van der Waals surface area contributed by atoms with E-state index in [1.54, 1.807) is 0 Å². The predicted molar refractivity (Wildman–Crippen MR) is 73.7 cm³/mol. The second-order valence-electron chi connectivity index (χ2n) is 4.87. The number of carbonyl (C=O) groups is 1. The second-order valence-corrected chi connectivity index (χ2v) is 4.87. The van der Waals surface area contributed by atoms with E-state index in [-0.39, 0.29) is 5.92 Å². The van der Waals surface area contributed by atoms with Crippen LogP contribution in [0.1, 0.15) is 61.7 Å². The highest BCUT2D eigenvalue weighted by molar-refractivity contribution is 6.00. The molecule has 0 aliphatic carbocycles. The molecule has 0 saturated heterocycles. The first-order valence-corrected chi connectivity index (χ1v) is 6.73. The molecular weight excluding hydrogens is 208 g/mol. The maximum absolute atomic E-state index is 12.3. The molecule has 0 N–H and O–H groups in total. The van der Waals surface area contributed by atoms with E-state index in [2.05, 4.69) is 32.9 Å². The minimum atomic E-state index is 0.0816. The van der Waals surface area contributed by atoms with Gasteiger partial charge in [-0.3, -0.25) is 4.79 Å². The van der Waals surface area contributed by atoms with E-state index < -0.39 is 0 Å². The van der Waals surface area contributed by atoms with Crippen LogP contribution in [0.15, 0.2) is 12.1 Å². The molecule has 0 radical (unpaired) electrons. The third kappa shape index (κ3) is 2.96. The van der Waals surface area contributed by atoms with Crippen molar-refractivity contribution in [1.29, 1.82) is 0 Å². The Morgan fingerprint density at radius 1 is 1.00 bits per heavy atom. The number of hydrogen-bond acceptors (Lipinski definition) is 1. The van der Waals surface area contributed by atoms with Crippen LogP contribution in [-0.4, -0.2) is 5.78 Å². The normalized spacial score (nSPS) is 10.9. The molecule has 1 nitrogen and oxygen atoms in total. The molecule has 94 valence electrons. The van der Waals surface area contributed by atoms with E-state index in [0.29, 0.717) is 5.78 Å². The van der Waals surface area contributed by atoms with Gasteiger partial charge in [-0.15, -0.1) is 0 Å². The molecule has 0 unspecified atom stereocenters. The van der Waals surface area contributed by atoms with Crippen molar-refractivity contribution in [1.82, 2.24) is 0 Å². The van der Waals surface area contributed by atoms with Crippen LogP contribution in [-0.2, 0) is 19.3 Å². The Morgan fingerprint density at radius 2 is 1.47 bits per heavy atom. The second kappa shape index (κ2) is 6.00. The van der Waals surface area contributed by atoms with Crippen molar-refractivity contribution in [2.75, 3.05) is 0 Å². The lowest BCUT2D eigenvalue weighted by atomic mass is 9.88. The molecule has 1 rings (SSSR count). The van der Waals surface area contributed by atoms with E-state index >= 15 is 0 Å². The number of hydrogen-bond donors (Lipinski definition) is 0. The Hall–Kier alpha value is -1.11. The van der Waals surface area contributed by atoms with Crippen molar-refractivity contribution >= 4 is 5.78 Å². The van der Waals surface area contributed by atoms with Crippen molar-refractivity contribution in [3.8, 4) is 0 Å². The molecule has 0 spiro atoms. The molecule has 0 fully saturated rings. The fraction of sp³-hybridized carbons (Fsp3) is 0.562. The molecule has 1 aromatic carbocycles. The van der Waals surface area contributed by atoms with E-state index in [1.165, 1.54) is 16.7 Å². The summed E-state index contributed by atoms with van der Waals surface area (Å²) in [5.74, 6) is 0.374. The van der Waals surface area contributed by atoms with Gasteiger partial charge in [-0.25, -0.2) is 0 Å². The van der Waals surface area contributed by atoms with E-state index in [4.69, 9.17) is 0 Å². The van der Waals surface area contributed by atoms with Gasteiger partial charge in [0.15, 0.2) is 5.78 Å². The standard InChI is InChI=1S/C16H24O/c1-6-12-9-13(7-2)15(14(8-3)10-12)16(17)11(4)5/h9-11H,6-8H2,1-5H3. The number of Topliss-reactive ketones (excluding diaryl/α,β-unsaturated/α-hetero) is 1. The first-order chi connectivity index (χ1) is 8.04. The first-order valence-electron chi connectivity index (χ1n) is 6.73. The highest BCUT2D eigenvalue weighted by Gasteiger charge is 2.18. The highest BCUT2D eigenvalue weighted by atomic mass is 16.1. The fourth-order valence-electron chi connectivity index (χ4n) is 2.21. The maximum Gasteiger partial charge on any atom is 0.165 e. The third-order valence-corrected chi connectivity index (χ3v) is 3.30. The lowest BCUT2D eigenvalue weighted by Gasteiger charge is -2.16.